The van der Waals surface area contributed by atoms with Crippen molar-refractivity contribution in [2.75, 3.05) is 13.7 Å². The molecule has 1 aliphatic heterocycles. The minimum absolute atomic E-state index is 0.194. The molecule has 0 saturated carbocycles. The lowest BCUT2D eigenvalue weighted by atomic mass is 10.2. The van der Waals surface area contributed by atoms with Crippen LogP contribution in [0, 0.1) is 0 Å². The Kier molecular flexibility index (Phi) is 4.03. The lowest BCUT2D eigenvalue weighted by Gasteiger charge is -2.20. The highest BCUT2D eigenvalue weighted by Gasteiger charge is 2.35. The highest BCUT2D eigenvalue weighted by Crippen LogP contribution is 2.32. The maximum Gasteiger partial charge on any atom is 0.230 e. The molecule has 3 rings (SSSR count). The number of likely N-dealkylation sites (tertiary alicyclic amines) is 1. The molecule has 2 aromatic rings. The fourth-order valence-electron chi connectivity index (χ4n) is 2.69. The standard InChI is InChI=1S/C14H21N5O2/c1-9(2)14-18-17-12(21-14)8-19-7-10(20-3)6-11(19)13-15-4-5-16-13/h4-5,9-11H,6-8H2,1-3H3,(H,15,16)/t10-,11?/m1/s1. The van der Waals surface area contributed by atoms with E-state index in [9.17, 15) is 0 Å². The van der Waals surface area contributed by atoms with Gasteiger partial charge in [-0.15, -0.1) is 10.2 Å². The van der Waals surface area contributed by atoms with E-state index in [2.05, 4.69) is 25.1 Å². The van der Waals surface area contributed by atoms with Crippen LogP contribution >= 0.6 is 0 Å². The molecule has 0 aliphatic carbocycles. The molecular formula is C14H21N5O2. The molecule has 0 bridgehead atoms. The van der Waals surface area contributed by atoms with Crippen LogP contribution < -0.4 is 0 Å². The van der Waals surface area contributed by atoms with Gasteiger partial charge in [0, 0.05) is 32.0 Å². The summed E-state index contributed by atoms with van der Waals surface area (Å²) in [6.07, 6.45) is 4.73. The zero-order valence-electron chi connectivity index (χ0n) is 12.6. The predicted octanol–water partition coefficient (Wildman–Crippen LogP) is 1.88. The number of hydrogen-bond acceptors (Lipinski definition) is 6. The smallest absolute Gasteiger partial charge is 0.230 e. The van der Waals surface area contributed by atoms with E-state index in [0.29, 0.717) is 18.3 Å². The monoisotopic (exact) mass is 291 g/mol. The van der Waals surface area contributed by atoms with E-state index in [0.717, 1.165) is 18.8 Å². The number of H-pyrrole nitrogens is 1. The van der Waals surface area contributed by atoms with Crippen LogP contribution in [0.5, 0.6) is 0 Å². The van der Waals surface area contributed by atoms with E-state index in [1.165, 1.54) is 0 Å². The number of aromatic nitrogens is 4. The van der Waals surface area contributed by atoms with Crippen molar-refractivity contribution in [3.8, 4) is 0 Å². The van der Waals surface area contributed by atoms with Gasteiger partial charge in [-0.3, -0.25) is 4.90 Å². The fraction of sp³-hybridized carbons (Fsp3) is 0.643. The molecular weight excluding hydrogens is 270 g/mol. The molecule has 1 fully saturated rings. The van der Waals surface area contributed by atoms with Crippen molar-refractivity contribution in [3.05, 3.63) is 30.0 Å². The Morgan fingerprint density at radius 2 is 2.33 bits per heavy atom. The molecule has 1 aliphatic rings. The number of ether oxygens (including phenoxy) is 1. The first kappa shape index (κ1) is 14.2. The first-order valence-corrected chi connectivity index (χ1v) is 7.25. The van der Waals surface area contributed by atoms with E-state index >= 15 is 0 Å². The van der Waals surface area contributed by atoms with Gasteiger partial charge in [-0.25, -0.2) is 4.98 Å². The normalized spacial score (nSPS) is 23.2. The summed E-state index contributed by atoms with van der Waals surface area (Å²) < 4.78 is 11.2. The van der Waals surface area contributed by atoms with Crippen molar-refractivity contribution < 1.29 is 9.15 Å². The zero-order valence-corrected chi connectivity index (χ0v) is 12.6. The van der Waals surface area contributed by atoms with Gasteiger partial charge in [-0.1, -0.05) is 13.8 Å². The minimum atomic E-state index is 0.194. The molecule has 0 spiro atoms. The van der Waals surface area contributed by atoms with Crippen molar-refractivity contribution in [1.82, 2.24) is 25.1 Å². The second-order valence-corrected chi connectivity index (χ2v) is 5.70. The van der Waals surface area contributed by atoms with Crippen LogP contribution in [0.15, 0.2) is 16.8 Å². The Morgan fingerprint density at radius 1 is 1.48 bits per heavy atom. The van der Waals surface area contributed by atoms with Crippen LogP contribution in [0.4, 0.5) is 0 Å². The molecule has 7 nitrogen and oxygen atoms in total. The third-order valence-corrected chi connectivity index (χ3v) is 3.85. The maximum atomic E-state index is 5.71. The molecule has 3 heterocycles. The molecule has 1 N–H and O–H groups in total. The van der Waals surface area contributed by atoms with Gasteiger partial charge in [0.2, 0.25) is 11.8 Å². The zero-order chi connectivity index (χ0) is 14.8. The Labute approximate surface area is 123 Å². The van der Waals surface area contributed by atoms with Gasteiger partial charge in [0.15, 0.2) is 0 Å². The second kappa shape index (κ2) is 5.95. The quantitative estimate of drug-likeness (QED) is 0.906. The van der Waals surface area contributed by atoms with Gasteiger partial charge in [-0.05, 0) is 6.42 Å². The molecule has 21 heavy (non-hydrogen) atoms. The summed E-state index contributed by atoms with van der Waals surface area (Å²) in [6.45, 7) is 5.53. The summed E-state index contributed by atoms with van der Waals surface area (Å²) >= 11 is 0. The average molecular weight is 291 g/mol. The van der Waals surface area contributed by atoms with Gasteiger partial charge in [0.25, 0.3) is 0 Å². The van der Waals surface area contributed by atoms with Crippen molar-refractivity contribution in [2.45, 2.75) is 44.9 Å². The van der Waals surface area contributed by atoms with Gasteiger partial charge in [0.05, 0.1) is 18.7 Å². The van der Waals surface area contributed by atoms with E-state index in [1.807, 2.05) is 20.0 Å². The molecule has 7 heteroatoms. The Hall–Kier alpha value is -1.73. The Balaban J connectivity index is 1.75. The average Bonchev–Trinajstić information content (AvgIpc) is 3.18. The molecule has 2 aromatic heterocycles. The topological polar surface area (TPSA) is 80.1 Å². The van der Waals surface area contributed by atoms with Gasteiger partial charge >= 0.3 is 0 Å². The molecule has 1 unspecified atom stereocenters. The number of hydrogen-bond donors (Lipinski definition) is 1. The van der Waals surface area contributed by atoms with Crippen molar-refractivity contribution in [1.29, 1.82) is 0 Å². The summed E-state index contributed by atoms with van der Waals surface area (Å²) in [5, 5.41) is 8.22. The van der Waals surface area contributed by atoms with Gasteiger partial charge < -0.3 is 14.1 Å². The molecule has 114 valence electrons. The van der Waals surface area contributed by atoms with Crippen LogP contribution in [0.3, 0.4) is 0 Å². The molecule has 0 radical (unpaired) electrons. The van der Waals surface area contributed by atoms with E-state index < -0.39 is 0 Å². The molecule has 0 amide bonds. The largest absolute Gasteiger partial charge is 0.424 e. The summed E-state index contributed by atoms with van der Waals surface area (Å²) in [6, 6.07) is 0.194. The summed E-state index contributed by atoms with van der Waals surface area (Å²) in [5.41, 5.74) is 0. The van der Waals surface area contributed by atoms with Crippen LogP contribution in [0.2, 0.25) is 0 Å². The van der Waals surface area contributed by atoms with Gasteiger partial charge in [0.1, 0.15) is 5.82 Å². The van der Waals surface area contributed by atoms with Crippen LogP contribution in [-0.4, -0.2) is 44.8 Å². The number of nitrogens with zero attached hydrogens (tertiary/aromatic N) is 4. The third kappa shape index (κ3) is 2.98. The highest BCUT2D eigenvalue weighted by molar-refractivity contribution is 5.02. The Morgan fingerprint density at radius 3 is 2.95 bits per heavy atom. The highest BCUT2D eigenvalue weighted by atomic mass is 16.5. The maximum absolute atomic E-state index is 5.71. The number of imidazole rings is 1. The van der Waals surface area contributed by atoms with Crippen LogP contribution in [0.25, 0.3) is 0 Å². The molecule has 1 saturated heterocycles. The predicted molar refractivity (Wildman–Crippen MR) is 75.5 cm³/mol. The number of methoxy groups -OCH3 is 1. The molecule has 0 aromatic carbocycles. The van der Waals surface area contributed by atoms with Crippen molar-refractivity contribution in [2.24, 2.45) is 0 Å². The molecule has 2 atom stereocenters. The van der Waals surface area contributed by atoms with Crippen LogP contribution in [-0.2, 0) is 11.3 Å². The number of nitrogens with one attached hydrogen (secondary N) is 1. The van der Waals surface area contributed by atoms with Gasteiger partial charge in [-0.2, -0.15) is 0 Å². The second-order valence-electron chi connectivity index (χ2n) is 5.70. The van der Waals surface area contributed by atoms with E-state index in [-0.39, 0.29) is 18.1 Å². The number of aromatic amines is 1. The van der Waals surface area contributed by atoms with Crippen LogP contribution in [0.1, 0.15) is 49.8 Å². The minimum Gasteiger partial charge on any atom is -0.424 e. The Bertz CT molecular complexity index is 566. The van der Waals surface area contributed by atoms with E-state index in [4.69, 9.17) is 9.15 Å². The number of rotatable bonds is 5. The third-order valence-electron chi connectivity index (χ3n) is 3.85. The fourth-order valence-corrected chi connectivity index (χ4v) is 2.69. The van der Waals surface area contributed by atoms with Crippen molar-refractivity contribution in [3.63, 3.8) is 0 Å². The lowest BCUT2D eigenvalue weighted by molar-refractivity contribution is 0.105. The van der Waals surface area contributed by atoms with Crippen molar-refractivity contribution >= 4 is 0 Å². The first-order valence-electron chi connectivity index (χ1n) is 7.25. The lowest BCUT2D eigenvalue weighted by Crippen LogP contribution is -2.25. The SMILES string of the molecule is CO[C@@H]1CC(c2ncc[nH]2)N(Cc2nnc(C(C)C)o2)C1. The summed E-state index contributed by atoms with van der Waals surface area (Å²) in [5.74, 6) is 2.53. The summed E-state index contributed by atoms with van der Waals surface area (Å²) in [4.78, 5) is 9.83. The first-order chi connectivity index (χ1) is 10.2. The van der Waals surface area contributed by atoms with E-state index in [1.54, 1.807) is 13.3 Å². The summed E-state index contributed by atoms with van der Waals surface area (Å²) in [7, 11) is 1.75.